The van der Waals surface area contributed by atoms with E-state index < -0.39 is 0 Å². The minimum Gasteiger partial charge on any atom is -0.370 e. The van der Waals surface area contributed by atoms with Gasteiger partial charge >= 0.3 is 0 Å². The van der Waals surface area contributed by atoms with Crippen molar-refractivity contribution in [1.29, 1.82) is 0 Å². The highest BCUT2D eigenvalue weighted by atomic mass is 16.5. The van der Waals surface area contributed by atoms with Crippen LogP contribution in [0.2, 0.25) is 0 Å². The fourth-order valence-electron chi connectivity index (χ4n) is 2.65. The van der Waals surface area contributed by atoms with Crippen molar-refractivity contribution in [1.82, 2.24) is 0 Å². The summed E-state index contributed by atoms with van der Waals surface area (Å²) in [6.45, 7) is 15.6. The second-order valence-electron chi connectivity index (χ2n) is 6.40. The summed E-state index contributed by atoms with van der Waals surface area (Å²) in [7, 11) is 4.62. The van der Waals surface area contributed by atoms with Crippen molar-refractivity contribution in [3.8, 4) is 0 Å². The first-order valence-corrected chi connectivity index (χ1v) is 7.86. The maximum atomic E-state index is 5.30. The van der Waals surface area contributed by atoms with E-state index in [-0.39, 0.29) is 0 Å². The van der Waals surface area contributed by atoms with E-state index in [1.807, 2.05) is 0 Å². The highest BCUT2D eigenvalue weighted by Gasteiger charge is 2.23. The Morgan fingerprint density at radius 3 is 1.47 bits per heavy atom. The average Bonchev–Trinajstić information content (AvgIpc) is 2.41. The molecule has 0 atom stereocenters. The standard InChI is InChI=1S/C8H18NO.C7H16NO/c1-3-4-9(2)5-7-10-8-6-9;1-3-8(2)4-6-9-7-5-8/h3-8H2,1-2H3;3-7H2,1-2H3/q2*+1. The molecule has 4 nitrogen and oxygen atoms in total. The Balaban J connectivity index is 0.000000191. The number of hydrogen-bond donors (Lipinski definition) is 0. The molecule has 0 amide bonds. The maximum absolute atomic E-state index is 5.30. The molecule has 0 aliphatic carbocycles. The largest absolute Gasteiger partial charge is 0.370 e. The molecule has 114 valence electrons. The molecule has 2 rings (SSSR count). The molecule has 0 aromatic carbocycles. The van der Waals surface area contributed by atoms with Crippen LogP contribution in [0.1, 0.15) is 20.3 Å². The third-order valence-electron chi connectivity index (χ3n) is 4.63. The van der Waals surface area contributed by atoms with Gasteiger partial charge in [0.15, 0.2) is 0 Å². The second kappa shape index (κ2) is 8.20. The van der Waals surface area contributed by atoms with Crippen LogP contribution in [0.3, 0.4) is 0 Å². The molecule has 2 fully saturated rings. The molecule has 0 saturated carbocycles. The first kappa shape index (κ1) is 16.9. The number of nitrogens with zero attached hydrogens (tertiary/aromatic N) is 2. The SMILES string of the molecule is CCC[N+]1(C)CCOCC1.CC[N+]1(C)CCOCC1. The monoisotopic (exact) mass is 274 g/mol. The van der Waals surface area contributed by atoms with E-state index in [0.29, 0.717) is 0 Å². The van der Waals surface area contributed by atoms with Gasteiger partial charge in [0.25, 0.3) is 0 Å². The smallest absolute Gasteiger partial charge is 0.102 e. The van der Waals surface area contributed by atoms with Crippen molar-refractivity contribution in [2.75, 3.05) is 79.8 Å². The van der Waals surface area contributed by atoms with Gasteiger partial charge in [-0.15, -0.1) is 0 Å². The number of morpholine rings is 2. The normalized spacial score (nSPS) is 25.3. The van der Waals surface area contributed by atoms with E-state index in [1.165, 1.54) is 54.7 Å². The van der Waals surface area contributed by atoms with Crippen molar-refractivity contribution < 1.29 is 18.4 Å². The van der Waals surface area contributed by atoms with Crippen LogP contribution in [0.15, 0.2) is 0 Å². The Bertz CT molecular complexity index is 229. The van der Waals surface area contributed by atoms with E-state index in [2.05, 4.69) is 27.9 Å². The van der Waals surface area contributed by atoms with Crippen LogP contribution < -0.4 is 0 Å². The van der Waals surface area contributed by atoms with Gasteiger partial charge in [-0.05, 0) is 13.3 Å². The van der Waals surface area contributed by atoms with Crippen LogP contribution in [0.25, 0.3) is 0 Å². The molecule has 2 heterocycles. The van der Waals surface area contributed by atoms with Gasteiger partial charge in [-0.1, -0.05) is 6.92 Å². The van der Waals surface area contributed by atoms with E-state index in [4.69, 9.17) is 9.47 Å². The first-order chi connectivity index (χ1) is 9.04. The summed E-state index contributed by atoms with van der Waals surface area (Å²) in [5.74, 6) is 0. The molecular formula is C15H34N2O2+2. The molecule has 0 unspecified atom stereocenters. The Labute approximate surface area is 119 Å². The molecule has 0 radical (unpaired) electrons. The highest BCUT2D eigenvalue weighted by Crippen LogP contribution is 2.07. The van der Waals surface area contributed by atoms with E-state index in [1.54, 1.807) is 0 Å². The molecule has 0 spiro atoms. The van der Waals surface area contributed by atoms with Crippen molar-refractivity contribution in [2.45, 2.75) is 20.3 Å². The average molecular weight is 274 g/mol. The van der Waals surface area contributed by atoms with Gasteiger partial charge in [-0.25, -0.2) is 0 Å². The Morgan fingerprint density at radius 2 is 1.16 bits per heavy atom. The van der Waals surface area contributed by atoms with Gasteiger partial charge in [0.1, 0.15) is 26.2 Å². The number of quaternary nitrogens is 2. The molecule has 2 aliphatic rings. The summed E-state index contributed by atoms with van der Waals surface area (Å²) in [6.07, 6.45) is 1.29. The molecule has 0 N–H and O–H groups in total. The molecular weight excluding hydrogens is 240 g/mol. The number of hydrogen-bond acceptors (Lipinski definition) is 2. The van der Waals surface area contributed by atoms with Crippen molar-refractivity contribution in [2.24, 2.45) is 0 Å². The summed E-state index contributed by atoms with van der Waals surface area (Å²) in [6, 6.07) is 0. The third-order valence-corrected chi connectivity index (χ3v) is 4.63. The van der Waals surface area contributed by atoms with Crippen molar-refractivity contribution in [3.05, 3.63) is 0 Å². The van der Waals surface area contributed by atoms with Gasteiger partial charge in [-0.3, -0.25) is 0 Å². The molecule has 0 aromatic rings. The first-order valence-electron chi connectivity index (χ1n) is 7.86. The van der Waals surface area contributed by atoms with Crippen LogP contribution >= 0.6 is 0 Å². The highest BCUT2D eigenvalue weighted by molar-refractivity contribution is 4.45. The minimum atomic E-state index is 0.949. The number of likely N-dealkylation sites (N-methyl/N-ethyl adjacent to an activating group) is 2. The molecule has 0 aromatic heterocycles. The van der Waals surface area contributed by atoms with E-state index in [9.17, 15) is 0 Å². The maximum Gasteiger partial charge on any atom is 0.102 e. The minimum absolute atomic E-state index is 0.949. The zero-order valence-electron chi connectivity index (χ0n) is 13.5. The Hall–Kier alpha value is -0.160. The predicted molar refractivity (Wildman–Crippen MR) is 79.2 cm³/mol. The molecule has 2 saturated heterocycles. The van der Waals surface area contributed by atoms with Crippen LogP contribution in [-0.4, -0.2) is 88.8 Å². The predicted octanol–water partition coefficient (Wildman–Crippen LogP) is 1.36. The van der Waals surface area contributed by atoms with Gasteiger partial charge in [0.2, 0.25) is 0 Å². The fourth-order valence-corrected chi connectivity index (χ4v) is 2.65. The van der Waals surface area contributed by atoms with Crippen LogP contribution in [0, 0.1) is 0 Å². The topological polar surface area (TPSA) is 18.5 Å². The molecule has 4 heteroatoms. The molecule has 19 heavy (non-hydrogen) atoms. The lowest BCUT2D eigenvalue weighted by Gasteiger charge is -2.37. The Kier molecular flexibility index (Phi) is 7.29. The van der Waals surface area contributed by atoms with E-state index in [0.717, 1.165) is 26.4 Å². The van der Waals surface area contributed by atoms with Crippen LogP contribution in [-0.2, 0) is 9.47 Å². The lowest BCUT2D eigenvalue weighted by Crippen LogP contribution is -2.52. The molecule has 0 bridgehead atoms. The summed E-state index contributed by atoms with van der Waals surface area (Å²) in [5.41, 5.74) is 0. The second-order valence-corrected chi connectivity index (χ2v) is 6.40. The van der Waals surface area contributed by atoms with Crippen LogP contribution in [0.5, 0.6) is 0 Å². The van der Waals surface area contributed by atoms with Gasteiger partial charge in [-0.2, -0.15) is 0 Å². The lowest BCUT2D eigenvalue weighted by atomic mass is 10.3. The number of rotatable bonds is 3. The zero-order valence-corrected chi connectivity index (χ0v) is 13.5. The van der Waals surface area contributed by atoms with Gasteiger partial charge in [0.05, 0.1) is 53.6 Å². The lowest BCUT2D eigenvalue weighted by molar-refractivity contribution is -0.916. The number of ether oxygens (including phenoxy) is 2. The summed E-state index contributed by atoms with van der Waals surface area (Å²) < 4.78 is 13.0. The van der Waals surface area contributed by atoms with Crippen molar-refractivity contribution >= 4 is 0 Å². The van der Waals surface area contributed by atoms with Crippen LogP contribution in [0.4, 0.5) is 0 Å². The zero-order chi connectivity index (χ0) is 14.2. The van der Waals surface area contributed by atoms with E-state index >= 15 is 0 Å². The quantitative estimate of drug-likeness (QED) is 0.724. The Morgan fingerprint density at radius 1 is 0.737 bits per heavy atom. The third kappa shape index (κ3) is 6.21. The van der Waals surface area contributed by atoms with Gasteiger partial charge in [0, 0.05) is 0 Å². The van der Waals surface area contributed by atoms with Gasteiger partial charge < -0.3 is 18.4 Å². The molecule has 2 aliphatic heterocycles. The van der Waals surface area contributed by atoms with Crippen molar-refractivity contribution in [3.63, 3.8) is 0 Å². The summed E-state index contributed by atoms with van der Waals surface area (Å²) in [4.78, 5) is 0. The summed E-state index contributed by atoms with van der Waals surface area (Å²) >= 11 is 0. The fraction of sp³-hybridized carbons (Fsp3) is 1.00. The summed E-state index contributed by atoms with van der Waals surface area (Å²) in [5, 5.41) is 0.